The Bertz CT molecular complexity index is 807. The maximum absolute atomic E-state index is 12.4. The Kier molecular flexibility index (Phi) is 6.19. The summed E-state index contributed by atoms with van der Waals surface area (Å²) >= 11 is 0. The molecule has 0 spiro atoms. The first-order chi connectivity index (χ1) is 12.1. The fourth-order valence-corrected chi connectivity index (χ4v) is 2.36. The second-order valence-electron chi connectivity index (χ2n) is 5.39. The van der Waals surface area contributed by atoms with E-state index in [1.165, 1.54) is 13.2 Å². The summed E-state index contributed by atoms with van der Waals surface area (Å²) in [5.74, 6) is 0.695. The van der Waals surface area contributed by atoms with Crippen molar-refractivity contribution < 1.29 is 14.3 Å². The molecule has 2 aromatic carbocycles. The first-order valence-corrected chi connectivity index (χ1v) is 7.78. The Balaban J connectivity index is 2.19. The van der Waals surface area contributed by atoms with Crippen LogP contribution in [0.1, 0.15) is 24.1 Å². The predicted octanol–water partition coefficient (Wildman–Crippen LogP) is 3.49. The smallest absolute Gasteiger partial charge is 0.262 e. The van der Waals surface area contributed by atoms with Crippen LogP contribution in [0.4, 0.5) is 0 Å². The van der Waals surface area contributed by atoms with E-state index in [1.807, 2.05) is 43.3 Å². The number of ether oxygens (including phenoxy) is 2. The first kappa shape index (κ1) is 18.1. The monoisotopic (exact) mass is 336 g/mol. The molecule has 0 aliphatic carbocycles. The van der Waals surface area contributed by atoms with E-state index in [0.29, 0.717) is 17.1 Å². The quantitative estimate of drug-likeness (QED) is 0.647. The summed E-state index contributed by atoms with van der Waals surface area (Å²) in [6, 6.07) is 16.5. The van der Waals surface area contributed by atoms with Gasteiger partial charge < -0.3 is 14.8 Å². The molecule has 0 unspecified atom stereocenters. The molecule has 5 nitrogen and oxygen atoms in total. The molecule has 2 aromatic rings. The minimum atomic E-state index is -0.423. The summed E-state index contributed by atoms with van der Waals surface area (Å²) in [4.78, 5) is 12.4. The molecule has 0 radical (unpaired) electrons. The lowest BCUT2D eigenvalue weighted by Gasteiger charge is -2.14. The number of rotatable bonds is 6. The average molecular weight is 336 g/mol. The maximum atomic E-state index is 12.4. The van der Waals surface area contributed by atoms with Crippen molar-refractivity contribution in [2.75, 3.05) is 14.2 Å². The summed E-state index contributed by atoms with van der Waals surface area (Å²) in [7, 11) is 3.08. The molecule has 0 saturated heterocycles. The van der Waals surface area contributed by atoms with E-state index in [9.17, 15) is 10.1 Å². The van der Waals surface area contributed by atoms with Gasteiger partial charge >= 0.3 is 0 Å². The van der Waals surface area contributed by atoms with Gasteiger partial charge in [-0.05, 0) is 36.3 Å². The summed E-state index contributed by atoms with van der Waals surface area (Å²) in [6.45, 7) is 1.87. The Hall–Kier alpha value is -3.26. The molecule has 2 rings (SSSR count). The molecule has 5 heteroatoms. The molecular weight excluding hydrogens is 316 g/mol. The predicted molar refractivity (Wildman–Crippen MR) is 96.1 cm³/mol. The topological polar surface area (TPSA) is 71.3 Å². The third kappa shape index (κ3) is 4.61. The number of nitrogens with one attached hydrogen (secondary N) is 1. The van der Waals surface area contributed by atoms with Crippen LogP contribution in [0.2, 0.25) is 0 Å². The van der Waals surface area contributed by atoms with Crippen molar-refractivity contribution in [1.29, 1.82) is 5.26 Å². The van der Waals surface area contributed by atoms with Crippen LogP contribution >= 0.6 is 0 Å². The summed E-state index contributed by atoms with van der Waals surface area (Å²) in [5.41, 5.74) is 1.67. The number of nitrogens with zero attached hydrogens (tertiary/aromatic N) is 1. The molecule has 0 aliphatic heterocycles. The van der Waals surface area contributed by atoms with Crippen LogP contribution in [0.25, 0.3) is 6.08 Å². The first-order valence-electron chi connectivity index (χ1n) is 7.78. The SMILES string of the molecule is COc1ccc(/C=C(\C#N)C(=O)N[C@@H](C)c2ccccc2)cc1OC. The largest absolute Gasteiger partial charge is 0.493 e. The minimum absolute atomic E-state index is 0.0231. The number of hydrogen-bond acceptors (Lipinski definition) is 4. The Morgan fingerprint density at radius 3 is 2.40 bits per heavy atom. The standard InChI is InChI=1S/C20H20N2O3/c1-14(16-7-5-4-6-8-16)22-20(23)17(13-21)11-15-9-10-18(24-2)19(12-15)25-3/h4-12,14H,1-3H3,(H,22,23)/b17-11+/t14-/m0/s1. The highest BCUT2D eigenvalue weighted by Crippen LogP contribution is 2.28. The highest BCUT2D eigenvalue weighted by molar-refractivity contribution is 6.01. The fraction of sp³-hybridized carbons (Fsp3) is 0.200. The molecular formula is C20H20N2O3. The second kappa shape index (κ2) is 8.55. The van der Waals surface area contributed by atoms with Gasteiger partial charge in [0.25, 0.3) is 5.91 Å². The normalized spacial score (nSPS) is 12.0. The van der Waals surface area contributed by atoms with Crippen molar-refractivity contribution in [1.82, 2.24) is 5.32 Å². The van der Waals surface area contributed by atoms with Crippen molar-refractivity contribution in [3.05, 3.63) is 65.2 Å². The van der Waals surface area contributed by atoms with Gasteiger partial charge in [0.2, 0.25) is 0 Å². The third-order valence-electron chi connectivity index (χ3n) is 3.73. The van der Waals surface area contributed by atoms with E-state index in [1.54, 1.807) is 25.3 Å². The van der Waals surface area contributed by atoms with Gasteiger partial charge in [0, 0.05) is 0 Å². The van der Waals surface area contributed by atoms with Gasteiger partial charge in [0.15, 0.2) is 11.5 Å². The van der Waals surface area contributed by atoms with Gasteiger partial charge in [-0.2, -0.15) is 5.26 Å². The molecule has 128 valence electrons. The van der Waals surface area contributed by atoms with Gasteiger partial charge in [-0.25, -0.2) is 0 Å². The molecule has 1 amide bonds. The molecule has 0 bridgehead atoms. The lowest BCUT2D eigenvalue weighted by molar-refractivity contribution is -0.117. The zero-order chi connectivity index (χ0) is 18.2. The molecule has 1 N–H and O–H groups in total. The van der Waals surface area contributed by atoms with Gasteiger partial charge in [0.1, 0.15) is 11.6 Å². The molecule has 0 fully saturated rings. The molecule has 0 saturated carbocycles. The number of carbonyl (C=O) groups is 1. The zero-order valence-corrected chi connectivity index (χ0v) is 14.4. The van der Waals surface area contributed by atoms with Crippen LogP contribution in [-0.4, -0.2) is 20.1 Å². The Labute approximate surface area is 147 Å². The van der Waals surface area contributed by atoms with Crippen molar-refractivity contribution in [3.63, 3.8) is 0 Å². The average Bonchev–Trinajstić information content (AvgIpc) is 2.66. The number of hydrogen-bond donors (Lipinski definition) is 1. The maximum Gasteiger partial charge on any atom is 0.262 e. The highest BCUT2D eigenvalue weighted by Gasteiger charge is 2.14. The number of amides is 1. The van der Waals surface area contributed by atoms with E-state index < -0.39 is 5.91 Å². The second-order valence-corrected chi connectivity index (χ2v) is 5.39. The van der Waals surface area contributed by atoms with Crippen LogP contribution in [-0.2, 0) is 4.79 Å². The molecule has 0 aromatic heterocycles. The van der Waals surface area contributed by atoms with E-state index in [0.717, 1.165) is 5.56 Å². The summed E-state index contributed by atoms with van der Waals surface area (Å²) in [6.07, 6.45) is 1.52. The summed E-state index contributed by atoms with van der Waals surface area (Å²) < 4.78 is 10.4. The molecule has 0 aliphatic rings. The number of methoxy groups -OCH3 is 2. The van der Waals surface area contributed by atoms with Crippen molar-refractivity contribution >= 4 is 12.0 Å². The van der Waals surface area contributed by atoms with E-state index in [2.05, 4.69) is 5.32 Å². The zero-order valence-electron chi connectivity index (χ0n) is 14.4. The Morgan fingerprint density at radius 2 is 1.80 bits per heavy atom. The van der Waals surface area contributed by atoms with Crippen LogP contribution < -0.4 is 14.8 Å². The van der Waals surface area contributed by atoms with Gasteiger partial charge in [-0.15, -0.1) is 0 Å². The van der Waals surface area contributed by atoms with Crippen molar-refractivity contribution in [2.24, 2.45) is 0 Å². The summed E-state index contributed by atoms with van der Waals surface area (Å²) in [5, 5.41) is 12.2. The van der Waals surface area contributed by atoms with Crippen molar-refractivity contribution in [3.8, 4) is 17.6 Å². The number of carbonyl (C=O) groups excluding carboxylic acids is 1. The van der Waals surface area contributed by atoms with E-state index in [-0.39, 0.29) is 11.6 Å². The van der Waals surface area contributed by atoms with Gasteiger partial charge in [0.05, 0.1) is 20.3 Å². The number of nitriles is 1. The van der Waals surface area contributed by atoms with E-state index >= 15 is 0 Å². The highest BCUT2D eigenvalue weighted by atomic mass is 16.5. The molecule has 25 heavy (non-hydrogen) atoms. The van der Waals surface area contributed by atoms with Crippen LogP contribution in [0, 0.1) is 11.3 Å². The van der Waals surface area contributed by atoms with Gasteiger partial charge in [-0.3, -0.25) is 4.79 Å². The van der Waals surface area contributed by atoms with Gasteiger partial charge in [-0.1, -0.05) is 36.4 Å². The van der Waals surface area contributed by atoms with Crippen LogP contribution in [0.15, 0.2) is 54.1 Å². The van der Waals surface area contributed by atoms with Crippen LogP contribution in [0.3, 0.4) is 0 Å². The fourth-order valence-electron chi connectivity index (χ4n) is 2.36. The lowest BCUT2D eigenvalue weighted by atomic mass is 10.1. The molecule has 1 atom stereocenters. The number of benzene rings is 2. The molecule has 0 heterocycles. The van der Waals surface area contributed by atoms with Crippen LogP contribution in [0.5, 0.6) is 11.5 Å². The Morgan fingerprint density at radius 1 is 1.12 bits per heavy atom. The third-order valence-corrected chi connectivity index (χ3v) is 3.73. The van der Waals surface area contributed by atoms with Crippen molar-refractivity contribution in [2.45, 2.75) is 13.0 Å². The lowest BCUT2D eigenvalue weighted by Crippen LogP contribution is -2.27. The van der Waals surface area contributed by atoms with E-state index in [4.69, 9.17) is 9.47 Å². The minimum Gasteiger partial charge on any atom is -0.493 e.